The maximum absolute atomic E-state index is 11.5. The highest BCUT2D eigenvalue weighted by atomic mass is 16.1. The molecule has 1 aromatic carbocycles. The molecule has 1 heterocycles. The number of carbonyl (C=O) groups excluding carboxylic acids is 1. The minimum atomic E-state index is -0.0218. The summed E-state index contributed by atoms with van der Waals surface area (Å²) in [6.45, 7) is 3.64. The molecule has 4 nitrogen and oxygen atoms in total. The number of aryl methyl sites for hydroxylation is 1. The van der Waals surface area contributed by atoms with Crippen molar-refractivity contribution in [3.05, 3.63) is 42.0 Å². The molecule has 2 N–H and O–H groups in total. The molecule has 18 heavy (non-hydrogen) atoms. The van der Waals surface area contributed by atoms with Crippen LogP contribution in [0.4, 0.5) is 5.69 Å². The highest BCUT2D eigenvalue weighted by Gasteiger charge is 2.09. The summed E-state index contributed by atoms with van der Waals surface area (Å²) in [4.78, 5) is 15.8. The van der Waals surface area contributed by atoms with Crippen molar-refractivity contribution < 1.29 is 4.79 Å². The molecular weight excluding hydrogens is 226 g/mol. The topological polar surface area (TPSA) is 60.9 Å². The van der Waals surface area contributed by atoms with Gasteiger partial charge in [0.05, 0.1) is 0 Å². The molecule has 0 radical (unpaired) electrons. The highest BCUT2D eigenvalue weighted by Crippen LogP contribution is 2.19. The van der Waals surface area contributed by atoms with E-state index in [1.807, 2.05) is 22.9 Å². The van der Waals surface area contributed by atoms with Crippen molar-refractivity contribution in [1.82, 2.24) is 9.55 Å². The van der Waals surface area contributed by atoms with Gasteiger partial charge in [0.25, 0.3) is 0 Å². The lowest BCUT2D eigenvalue weighted by atomic mass is 10.1. The number of Topliss-reactive ketones (excluding diaryl/α,β-unsaturated/α-hetero) is 1. The second-order valence-electron chi connectivity index (χ2n) is 4.29. The Labute approximate surface area is 106 Å². The molecule has 0 bridgehead atoms. The van der Waals surface area contributed by atoms with Crippen LogP contribution >= 0.6 is 0 Å². The van der Waals surface area contributed by atoms with Crippen molar-refractivity contribution >= 4 is 11.5 Å². The molecule has 1 aromatic heterocycles. The third kappa shape index (κ3) is 2.27. The van der Waals surface area contributed by atoms with E-state index in [9.17, 15) is 4.79 Å². The summed E-state index contributed by atoms with van der Waals surface area (Å²) in [6.07, 6.45) is 5.62. The zero-order valence-corrected chi connectivity index (χ0v) is 10.7. The minimum absolute atomic E-state index is 0.0218. The van der Waals surface area contributed by atoms with Crippen LogP contribution in [0.3, 0.4) is 0 Å². The van der Waals surface area contributed by atoms with E-state index in [1.165, 1.54) is 6.92 Å². The summed E-state index contributed by atoms with van der Waals surface area (Å²) >= 11 is 0. The van der Waals surface area contributed by atoms with Crippen LogP contribution in [0.2, 0.25) is 0 Å². The predicted octanol–water partition coefficient (Wildman–Crippen LogP) is 2.61. The molecule has 0 saturated carbocycles. The van der Waals surface area contributed by atoms with Gasteiger partial charge in [-0.2, -0.15) is 0 Å². The summed E-state index contributed by atoms with van der Waals surface area (Å²) in [5, 5.41) is 0. The van der Waals surface area contributed by atoms with Crippen LogP contribution in [0.25, 0.3) is 5.69 Å². The van der Waals surface area contributed by atoms with E-state index in [4.69, 9.17) is 5.73 Å². The summed E-state index contributed by atoms with van der Waals surface area (Å²) in [5.74, 6) is 0.975. The number of anilines is 1. The van der Waals surface area contributed by atoms with Crippen LogP contribution in [-0.2, 0) is 6.42 Å². The molecule has 0 unspecified atom stereocenters. The number of hydrogen-bond donors (Lipinski definition) is 1. The molecule has 0 spiro atoms. The van der Waals surface area contributed by atoms with Crippen molar-refractivity contribution in [1.29, 1.82) is 0 Å². The van der Waals surface area contributed by atoms with Gasteiger partial charge < -0.3 is 10.3 Å². The molecule has 0 amide bonds. The van der Waals surface area contributed by atoms with Crippen LogP contribution in [0, 0.1) is 0 Å². The average Bonchev–Trinajstić information content (AvgIpc) is 2.78. The molecule has 0 aliphatic carbocycles. The van der Waals surface area contributed by atoms with Gasteiger partial charge in [0.1, 0.15) is 5.82 Å². The molecule has 0 fully saturated rings. The minimum Gasteiger partial charge on any atom is -0.398 e. The average molecular weight is 243 g/mol. The summed E-state index contributed by atoms with van der Waals surface area (Å²) in [5.41, 5.74) is 7.80. The Morgan fingerprint density at radius 1 is 1.44 bits per heavy atom. The lowest BCUT2D eigenvalue weighted by Crippen LogP contribution is -2.04. The number of nitrogens with zero attached hydrogens (tertiary/aromatic N) is 2. The number of aromatic nitrogens is 2. The van der Waals surface area contributed by atoms with Gasteiger partial charge in [-0.05, 0) is 31.5 Å². The molecule has 0 saturated heterocycles. The molecule has 0 aliphatic rings. The van der Waals surface area contributed by atoms with Crippen molar-refractivity contribution in [2.24, 2.45) is 0 Å². The zero-order chi connectivity index (χ0) is 13.1. The van der Waals surface area contributed by atoms with Crippen LogP contribution in [0.15, 0.2) is 30.6 Å². The molecule has 0 atom stereocenters. The van der Waals surface area contributed by atoms with E-state index in [-0.39, 0.29) is 5.78 Å². The standard InChI is InChI=1S/C14H17N3O/c1-3-4-14-16-7-8-17(14)11-5-6-13(15)12(9-11)10(2)18/h5-9H,3-4,15H2,1-2H3. The van der Waals surface area contributed by atoms with E-state index in [0.29, 0.717) is 11.3 Å². The highest BCUT2D eigenvalue weighted by molar-refractivity contribution is 5.99. The quantitative estimate of drug-likeness (QED) is 0.663. The third-order valence-corrected chi connectivity index (χ3v) is 2.89. The van der Waals surface area contributed by atoms with Crippen LogP contribution in [0.5, 0.6) is 0 Å². The molecule has 94 valence electrons. The molecule has 4 heteroatoms. The number of imidazole rings is 1. The number of nitrogen functional groups attached to an aromatic ring is 1. The Morgan fingerprint density at radius 2 is 2.22 bits per heavy atom. The molecule has 2 rings (SSSR count). The maximum Gasteiger partial charge on any atom is 0.161 e. The summed E-state index contributed by atoms with van der Waals surface area (Å²) in [7, 11) is 0. The van der Waals surface area contributed by atoms with Crippen molar-refractivity contribution in [3.63, 3.8) is 0 Å². The van der Waals surface area contributed by atoms with Crippen LogP contribution in [0.1, 0.15) is 36.5 Å². The maximum atomic E-state index is 11.5. The van der Waals surface area contributed by atoms with E-state index in [0.717, 1.165) is 24.4 Å². The Kier molecular flexibility index (Phi) is 3.46. The number of benzene rings is 1. The molecule has 2 aromatic rings. The SMILES string of the molecule is CCCc1nccn1-c1ccc(N)c(C(C)=O)c1. The predicted molar refractivity (Wildman–Crippen MR) is 72.0 cm³/mol. The van der Waals surface area contributed by atoms with Gasteiger partial charge in [-0.1, -0.05) is 6.92 Å². The Bertz CT molecular complexity index is 572. The van der Waals surface area contributed by atoms with Crippen molar-refractivity contribution in [2.45, 2.75) is 26.7 Å². The van der Waals surface area contributed by atoms with Gasteiger partial charge in [0.2, 0.25) is 0 Å². The Balaban J connectivity index is 2.47. The number of ketones is 1. The molecule has 0 aliphatic heterocycles. The van der Waals surface area contributed by atoms with Gasteiger partial charge in [-0.25, -0.2) is 4.98 Å². The smallest absolute Gasteiger partial charge is 0.161 e. The van der Waals surface area contributed by atoms with Crippen LogP contribution < -0.4 is 5.73 Å². The first kappa shape index (κ1) is 12.4. The van der Waals surface area contributed by atoms with Crippen molar-refractivity contribution in [3.8, 4) is 5.69 Å². The Hall–Kier alpha value is -2.10. The van der Waals surface area contributed by atoms with E-state index < -0.39 is 0 Å². The van der Waals surface area contributed by atoms with Gasteiger partial charge in [0.15, 0.2) is 5.78 Å². The first-order valence-electron chi connectivity index (χ1n) is 6.06. The third-order valence-electron chi connectivity index (χ3n) is 2.89. The van der Waals surface area contributed by atoms with Crippen LogP contribution in [-0.4, -0.2) is 15.3 Å². The second-order valence-corrected chi connectivity index (χ2v) is 4.29. The fourth-order valence-corrected chi connectivity index (χ4v) is 1.98. The van der Waals surface area contributed by atoms with Gasteiger partial charge in [-0.3, -0.25) is 4.79 Å². The van der Waals surface area contributed by atoms with Gasteiger partial charge in [-0.15, -0.1) is 0 Å². The van der Waals surface area contributed by atoms with E-state index in [1.54, 1.807) is 12.3 Å². The summed E-state index contributed by atoms with van der Waals surface area (Å²) < 4.78 is 2.00. The lowest BCUT2D eigenvalue weighted by molar-refractivity contribution is 0.101. The number of carbonyl (C=O) groups is 1. The first-order chi connectivity index (χ1) is 8.63. The fourth-order valence-electron chi connectivity index (χ4n) is 1.98. The Morgan fingerprint density at radius 3 is 2.89 bits per heavy atom. The first-order valence-corrected chi connectivity index (χ1v) is 6.06. The second kappa shape index (κ2) is 5.04. The normalized spacial score (nSPS) is 10.6. The van der Waals surface area contributed by atoms with Gasteiger partial charge >= 0.3 is 0 Å². The number of rotatable bonds is 4. The zero-order valence-electron chi connectivity index (χ0n) is 10.7. The largest absolute Gasteiger partial charge is 0.398 e. The molecular formula is C14H17N3O. The monoisotopic (exact) mass is 243 g/mol. The lowest BCUT2D eigenvalue weighted by Gasteiger charge is -2.10. The van der Waals surface area contributed by atoms with Crippen molar-refractivity contribution in [2.75, 3.05) is 5.73 Å². The summed E-state index contributed by atoms with van der Waals surface area (Å²) in [6, 6.07) is 5.49. The fraction of sp³-hybridized carbons (Fsp3) is 0.286. The van der Waals surface area contributed by atoms with E-state index >= 15 is 0 Å². The van der Waals surface area contributed by atoms with E-state index in [2.05, 4.69) is 11.9 Å². The van der Waals surface area contributed by atoms with Gasteiger partial charge in [0, 0.05) is 35.8 Å². The number of nitrogens with two attached hydrogens (primary N) is 1. The number of hydrogen-bond acceptors (Lipinski definition) is 3.